The Bertz CT molecular complexity index is 1130. The molecule has 1 aromatic heterocycles. The quantitative estimate of drug-likeness (QED) is 0.635. The molecule has 1 saturated heterocycles. The average Bonchev–Trinajstić information content (AvgIpc) is 3.06. The van der Waals surface area contributed by atoms with Crippen molar-refractivity contribution in [3.05, 3.63) is 65.4 Å². The van der Waals surface area contributed by atoms with Gasteiger partial charge in [0.25, 0.3) is 0 Å². The first kappa shape index (κ1) is 20.9. The molecule has 0 saturated carbocycles. The second kappa shape index (κ2) is 8.43. The van der Waals surface area contributed by atoms with Gasteiger partial charge in [-0.1, -0.05) is 35.9 Å². The number of fused-ring (bicyclic) bond motifs is 1. The molecule has 2 N–H and O–H groups in total. The highest BCUT2D eigenvalue weighted by molar-refractivity contribution is 5.90. The van der Waals surface area contributed by atoms with Gasteiger partial charge in [0.2, 0.25) is 0 Å². The van der Waals surface area contributed by atoms with Crippen LogP contribution in [0.4, 0.5) is 5.69 Å². The van der Waals surface area contributed by atoms with Crippen molar-refractivity contribution in [3.63, 3.8) is 0 Å². The lowest BCUT2D eigenvalue weighted by Gasteiger charge is -2.39. The van der Waals surface area contributed by atoms with Crippen molar-refractivity contribution < 1.29 is 19.8 Å². The Morgan fingerprint density at radius 1 is 1.00 bits per heavy atom. The number of nitrogens with zero attached hydrogens (tertiary/aromatic N) is 3. The van der Waals surface area contributed by atoms with Crippen LogP contribution in [0.3, 0.4) is 0 Å². The van der Waals surface area contributed by atoms with Gasteiger partial charge in [-0.05, 0) is 31.5 Å². The summed E-state index contributed by atoms with van der Waals surface area (Å²) >= 11 is 0. The predicted molar refractivity (Wildman–Crippen MR) is 120 cm³/mol. The first-order chi connectivity index (χ1) is 14.8. The third-order valence-corrected chi connectivity index (χ3v) is 6.03. The molecule has 7 heteroatoms. The van der Waals surface area contributed by atoms with Gasteiger partial charge in [-0.2, -0.15) is 0 Å². The monoisotopic (exact) mass is 421 g/mol. The van der Waals surface area contributed by atoms with E-state index in [-0.39, 0.29) is 6.54 Å². The van der Waals surface area contributed by atoms with E-state index < -0.39 is 18.0 Å². The number of carbonyl (C=O) groups is 2. The fourth-order valence-electron chi connectivity index (χ4n) is 4.64. The van der Waals surface area contributed by atoms with E-state index in [0.717, 1.165) is 24.0 Å². The Balaban J connectivity index is 1.61. The standard InChI is InChI=1S/C24H27N3O4/c1-16-7-8-20(17(2)13-16)25-9-11-26(12-10-25)23(24(30)31)19-14-27(15-22(28)29)21-6-4-3-5-18(19)21/h3-8,13-14,23H,9-12,15H2,1-2H3,(H,28,29)(H,30,31)/t23-/m1/s1. The van der Waals surface area contributed by atoms with Gasteiger partial charge < -0.3 is 19.7 Å². The third-order valence-electron chi connectivity index (χ3n) is 6.03. The Morgan fingerprint density at radius 3 is 2.35 bits per heavy atom. The lowest BCUT2D eigenvalue weighted by Crippen LogP contribution is -2.49. The van der Waals surface area contributed by atoms with Crippen molar-refractivity contribution in [2.24, 2.45) is 0 Å². The summed E-state index contributed by atoms with van der Waals surface area (Å²) in [4.78, 5) is 27.9. The number of benzene rings is 2. The molecule has 1 atom stereocenters. The maximum atomic E-state index is 12.3. The molecule has 3 aromatic rings. The number of hydrogen-bond donors (Lipinski definition) is 2. The molecule has 0 unspecified atom stereocenters. The first-order valence-corrected chi connectivity index (χ1v) is 10.4. The van der Waals surface area contributed by atoms with Crippen LogP contribution < -0.4 is 4.90 Å². The molecule has 1 aliphatic heterocycles. The number of piperazine rings is 1. The van der Waals surface area contributed by atoms with Gasteiger partial charge in [0, 0.05) is 54.5 Å². The van der Waals surface area contributed by atoms with Crippen molar-refractivity contribution in [2.45, 2.75) is 26.4 Å². The molecule has 31 heavy (non-hydrogen) atoms. The number of aliphatic carboxylic acids is 2. The summed E-state index contributed by atoms with van der Waals surface area (Å²) in [6.45, 7) is 6.68. The second-order valence-corrected chi connectivity index (χ2v) is 8.18. The minimum absolute atomic E-state index is 0.201. The molecule has 4 rings (SSSR count). The molecule has 2 heterocycles. The average molecular weight is 421 g/mol. The first-order valence-electron chi connectivity index (χ1n) is 10.4. The lowest BCUT2D eigenvalue weighted by atomic mass is 10.0. The normalized spacial score (nSPS) is 15.9. The molecule has 0 amide bonds. The molecule has 1 fully saturated rings. The summed E-state index contributed by atoms with van der Waals surface area (Å²) in [5.41, 5.74) is 5.02. The maximum absolute atomic E-state index is 12.3. The molecule has 0 bridgehead atoms. The summed E-state index contributed by atoms with van der Waals surface area (Å²) in [6.07, 6.45) is 1.69. The fourth-order valence-corrected chi connectivity index (χ4v) is 4.64. The van der Waals surface area contributed by atoms with Gasteiger partial charge in [0.15, 0.2) is 0 Å². The topological polar surface area (TPSA) is 86.0 Å². The Morgan fingerprint density at radius 2 is 1.71 bits per heavy atom. The Hall–Kier alpha value is -3.32. The van der Waals surface area contributed by atoms with Gasteiger partial charge in [-0.3, -0.25) is 14.5 Å². The summed E-state index contributed by atoms with van der Waals surface area (Å²) in [5, 5.41) is 20.1. The largest absolute Gasteiger partial charge is 0.480 e. The van der Waals surface area contributed by atoms with Crippen LogP contribution in [0.25, 0.3) is 10.9 Å². The van der Waals surface area contributed by atoms with Gasteiger partial charge in [-0.25, -0.2) is 0 Å². The number of hydrogen-bond acceptors (Lipinski definition) is 4. The zero-order valence-electron chi connectivity index (χ0n) is 17.8. The van der Waals surface area contributed by atoms with Crippen LogP contribution in [0.1, 0.15) is 22.7 Å². The van der Waals surface area contributed by atoms with Crippen molar-refractivity contribution in [1.29, 1.82) is 0 Å². The van der Waals surface area contributed by atoms with E-state index in [4.69, 9.17) is 0 Å². The number of para-hydroxylation sites is 1. The van der Waals surface area contributed by atoms with Crippen LogP contribution >= 0.6 is 0 Å². The van der Waals surface area contributed by atoms with Gasteiger partial charge in [0.1, 0.15) is 12.6 Å². The molecule has 162 valence electrons. The maximum Gasteiger partial charge on any atom is 0.325 e. The Labute approximate surface area is 181 Å². The molecule has 7 nitrogen and oxygen atoms in total. The summed E-state index contributed by atoms with van der Waals surface area (Å²) in [5.74, 6) is -1.88. The number of rotatable bonds is 6. The second-order valence-electron chi connectivity index (χ2n) is 8.18. The zero-order chi connectivity index (χ0) is 22.1. The molecular weight excluding hydrogens is 394 g/mol. The van der Waals surface area contributed by atoms with Gasteiger partial charge in [0.05, 0.1) is 0 Å². The van der Waals surface area contributed by atoms with E-state index in [1.165, 1.54) is 16.8 Å². The van der Waals surface area contributed by atoms with Crippen LogP contribution in [0.15, 0.2) is 48.7 Å². The fraction of sp³-hybridized carbons (Fsp3) is 0.333. The highest BCUT2D eigenvalue weighted by atomic mass is 16.4. The summed E-state index contributed by atoms with van der Waals surface area (Å²) in [7, 11) is 0. The highest BCUT2D eigenvalue weighted by Gasteiger charge is 2.33. The lowest BCUT2D eigenvalue weighted by molar-refractivity contribution is -0.143. The SMILES string of the molecule is Cc1ccc(N2CCN([C@@H](C(=O)O)c3cn(CC(=O)O)c4ccccc34)CC2)c(C)c1. The van der Waals surface area contributed by atoms with E-state index in [2.05, 4.69) is 36.9 Å². The van der Waals surface area contributed by atoms with Crippen LogP contribution in [-0.2, 0) is 16.1 Å². The molecule has 0 spiro atoms. The van der Waals surface area contributed by atoms with E-state index in [9.17, 15) is 19.8 Å². The minimum Gasteiger partial charge on any atom is -0.480 e. The number of carboxylic acid groups (broad SMARTS) is 2. The smallest absolute Gasteiger partial charge is 0.325 e. The van der Waals surface area contributed by atoms with Crippen LogP contribution in [0, 0.1) is 13.8 Å². The van der Waals surface area contributed by atoms with E-state index >= 15 is 0 Å². The van der Waals surface area contributed by atoms with Crippen molar-refractivity contribution in [3.8, 4) is 0 Å². The predicted octanol–water partition coefficient (Wildman–Crippen LogP) is 3.29. The molecule has 0 radical (unpaired) electrons. The molecule has 0 aliphatic carbocycles. The highest BCUT2D eigenvalue weighted by Crippen LogP contribution is 2.32. The van der Waals surface area contributed by atoms with Gasteiger partial charge >= 0.3 is 11.9 Å². The van der Waals surface area contributed by atoms with Crippen LogP contribution in [-0.4, -0.2) is 57.8 Å². The molecular formula is C24H27N3O4. The zero-order valence-corrected chi connectivity index (χ0v) is 17.8. The number of aromatic nitrogens is 1. The Kier molecular flexibility index (Phi) is 5.69. The third kappa shape index (κ3) is 4.14. The molecule has 1 aliphatic rings. The van der Waals surface area contributed by atoms with E-state index in [0.29, 0.717) is 18.7 Å². The van der Waals surface area contributed by atoms with Crippen LogP contribution in [0.2, 0.25) is 0 Å². The van der Waals surface area contributed by atoms with E-state index in [1.54, 1.807) is 10.8 Å². The minimum atomic E-state index is -0.957. The van der Waals surface area contributed by atoms with E-state index in [1.807, 2.05) is 29.2 Å². The number of aryl methyl sites for hydroxylation is 2. The number of anilines is 1. The van der Waals surface area contributed by atoms with Crippen molar-refractivity contribution in [2.75, 3.05) is 31.1 Å². The van der Waals surface area contributed by atoms with Gasteiger partial charge in [-0.15, -0.1) is 0 Å². The van der Waals surface area contributed by atoms with Crippen molar-refractivity contribution >= 4 is 28.5 Å². The number of carboxylic acids is 2. The molecule has 2 aromatic carbocycles. The summed E-state index contributed by atoms with van der Waals surface area (Å²) in [6, 6.07) is 13.0. The van der Waals surface area contributed by atoms with Crippen molar-refractivity contribution in [1.82, 2.24) is 9.47 Å². The summed E-state index contributed by atoms with van der Waals surface area (Å²) < 4.78 is 1.62. The van der Waals surface area contributed by atoms with Crippen LogP contribution in [0.5, 0.6) is 0 Å².